The Balaban J connectivity index is 2.19. The van der Waals surface area contributed by atoms with Gasteiger partial charge >= 0.3 is 5.97 Å². The molecule has 1 fully saturated rings. The molecule has 0 radical (unpaired) electrons. The minimum Gasteiger partial charge on any atom is -0.450 e. The van der Waals surface area contributed by atoms with E-state index in [1.165, 1.54) is 12.2 Å². The van der Waals surface area contributed by atoms with E-state index in [-0.39, 0.29) is 17.7 Å². The number of carbonyl (C=O) groups is 2. The summed E-state index contributed by atoms with van der Waals surface area (Å²) in [6, 6.07) is 0. The SMILES string of the molecule is CC1CCC2(C=CC(=O)C=C2)OC1=O. The van der Waals surface area contributed by atoms with Gasteiger partial charge in [0.2, 0.25) is 0 Å². The smallest absolute Gasteiger partial charge is 0.309 e. The van der Waals surface area contributed by atoms with E-state index in [1.807, 2.05) is 6.92 Å². The fourth-order valence-corrected chi connectivity index (χ4v) is 1.69. The van der Waals surface area contributed by atoms with Crippen LogP contribution in [0.5, 0.6) is 0 Å². The van der Waals surface area contributed by atoms with E-state index >= 15 is 0 Å². The number of allylic oxidation sites excluding steroid dienone is 2. The Morgan fingerprint density at radius 3 is 2.57 bits per heavy atom. The van der Waals surface area contributed by atoms with Crippen molar-refractivity contribution in [2.24, 2.45) is 5.92 Å². The number of esters is 1. The van der Waals surface area contributed by atoms with Gasteiger partial charge in [-0.2, -0.15) is 0 Å². The second kappa shape index (κ2) is 3.08. The van der Waals surface area contributed by atoms with Crippen molar-refractivity contribution in [3.8, 4) is 0 Å². The number of ketones is 1. The molecule has 0 saturated carbocycles. The van der Waals surface area contributed by atoms with Crippen molar-refractivity contribution >= 4 is 11.8 Å². The lowest BCUT2D eigenvalue weighted by Gasteiger charge is -2.35. The van der Waals surface area contributed by atoms with Gasteiger partial charge in [0.25, 0.3) is 0 Å². The highest BCUT2D eigenvalue weighted by Crippen LogP contribution is 2.32. The Kier molecular flexibility index (Phi) is 2.02. The molecule has 0 bridgehead atoms. The van der Waals surface area contributed by atoms with Crippen LogP contribution in [0, 0.1) is 5.92 Å². The van der Waals surface area contributed by atoms with E-state index in [4.69, 9.17) is 4.74 Å². The number of hydrogen-bond acceptors (Lipinski definition) is 3. The van der Waals surface area contributed by atoms with Gasteiger partial charge in [0.15, 0.2) is 5.78 Å². The van der Waals surface area contributed by atoms with Gasteiger partial charge in [0, 0.05) is 0 Å². The first-order chi connectivity index (χ1) is 6.61. The van der Waals surface area contributed by atoms with Crippen LogP contribution in [0.3, 0.4) is 0 Å². The number of rotatable bonds is 0. The summed E-state index contributed by atoms with van der Waals surface area (Å²) in [7, 11) is 0. The summed E-state index contributed by atoms with van der Waals surface area (Å²) in [4.78, 5) is 22.3. The maximum absolute atomic E-state index is 11.4. The monoisotopic (exact) mass is 192 g/mol. The quantitative estimate of drug-likeness (QED) is 0.545. The Bertz CT molecular complexity index is 322. The molecule has 0 aromatic rings. The number of ether oxygens (including phenoxy) is 1. The molecule has 2 aliphatic rings. The molecule has 74 valence electrons. The predicted octanol–water partition coefficient (Wildman–Crippen LogP) is 1.39. The third kappa shape index (κ3) is 1.50. The van der Waals surface area contributed by atoms with Crippen molar-refractivity contribution < 1.29 is 14.3 Å². The molecule has 1 spiro atoms. The Labute approximate surface area is 82.4 Å². The maximum atomic E-state index is 11.4. The predicted molar refractivity (Wildman–Crippen MR) is 50.5 cm³/mol. The molecule has 1 unspecified atom stereocenters. The molecule has 0 aromatic carbocycles. The van der Waals surface area contributed by atoms with Crippen LogP contribution >= 0.6 is 0 Å². The molecular formula is C11H12O3. The first-order valence-corrected chi connectivity index (χ1v) is 4.77. The summed E-state index contributed by atoms with van der Waals surface area (Å²) in [5.41, 5.74) is -0.641. The third-order valence-corrected chi connectivity index (χ3v) is 2.72. The minimum atomic E-state index is -0.641. The van der Waals surface area contributed by atoms with Crippen LogP contribution in [0.1, 0.15) is 19.8 Å². The second-order valence-corrected chi connectivity index (χ2v) is 3.88. The van der Waals surface area contributed by atoms with Crippen LogP contribution in [0.4, 0.5) is 0 Å². The Morgan fingerprint density at radius 1 is 1.36 bits per heavy atom. The van der Waals surface area contributed by atoms with Crippen LogP contribution in [0.25, 0.3) is 0 Å². The van der Waals surface area contributed by atoms with Crippen molar-refractivity contribution in [3.63, 3.8) is 0 Å². The van der Waals surface area contributed by atoms with Crippen molar-refractivity contribution in [2.45, 2.75) is 25.4 Å². The fraction of sp³-hybridized carbons (Fsp3) is 0.455. The van der Waals surface area contributed by atoms with Gasteiger partial charge in [-0.15, -0.1) is 0 Å². The molecule has 2 rings (SSSR count). The molecule has 1 heterocycles. The lowest BCUT2D eigenvalue weighted by molar-refractivity contribution is -0.163. The standard InChI is InChI=1S/C11H12O3/c1-8-2-5-11(14-10(8)13)6-3-9(12)4-7-11/h3-4,6-8H,2,5H2,1H3. The highest BCUT2D eigenvalue weighted by Gasteiger charge is 2.37. The van der Waals surface area contributed by atoms with Crippen LogP contribution in [-0.2, 0) is 14.3 Å². The summed E-state index contributed by atoms with van der Waals surface area (Å²) < 4.78 is 5.31. The number of carbonyl (C=O) groups excluding carboxylic acids is 2. The zero-order chi connectivity index (χ0) is 10.2. The van der Waals surface area contributed by atoms with Crippen LogP contribution in [0.15, 0.2) is 24.3 Å². The van der Waals surface area contributed by atoms with Gasteiger partial charge in [-0.25, -0.2) is 0 Å². The Hall–Kier alpha value is -1.38. The average Bonchev–Trinajstić information content (AvgIpc) is 2.18. The lowest BCUT2D eigenvalue weighted by Crippen LogP contribution is -2.39. The molecule has 0 N–H and O–H groups in total. The first-order valence-electron chi connectivity index (χ1n) is 4.77. The minimum absolute atomic E-state index is 0.0277. The lowest BCUT2D eigenvalue weighted by atomic mass is 9.86. The van der Waals surface area contributed by atoms with E-state index in [0.717, 1.165) is 12.8 Å². The molecule has 14 heavy (non-hydrogen) atoms. The summed E-state index contributed by atoms with van der Waals surface area (Å²) in [5.74, 6) is -0.259. The van der Waals surface area contributed by atoms with Crippen LogP contribution in [0.2, 0.25) is 0 Å². The van der Waals surface area contributed by atoms with Gasteiger partial charge in [-0.3, -0.25) is 9.59 Å². The fourth-order valence-electron chi connectivity index (χ4n) is 1.69. The largest absolute Gasteiger partial charge is 0.450 e. The number of hydrogen-bond donors (Lipinski definition) is 0. The van der Waals surface area contributed by atoms with Crippen molar-refractivity contribution in [3.05, 3.63) is 24.3 Å². The van der Waals surface area contributed by atoms with Crippen molar-refractivity contribution in [2.75, 3.05) is 0 Å². The highest BCUT2D eigenvalue weighted by molar-refractivity contribution is 6.00. The van der Waals surface area contributed by atoms with Gasteiger partial charge in [0.1, 0.15) is 5.60 Å². The summed E-state index contributed by atoms with van der Waals surface area (Å²) in [6.45, 7) is 1.86. The topological polar surface area (TPSA) is 43.4 Å². The summed E-state index contributed by atoms with van der Waals surface area (Å²) in [6.07, 6.45) is 7.85. The molecule has 1 saturated heterocycles. The molecule has 1 atom stereocenters. The van der Waals surface area contributed by atoms with E-state index < -0.39 is 5.60 Å². The zero-order valence-corrected chi connectivity index (χ0v) is 8.03. The van der Waals surface area contributed by atoms with Gasteiger partial charge in [-0.1, -0.05) is 6.92 Å². The van der Waals surface area contributed by atoms with Gasteiger partial charge in [0.05, 0.1) is 5.92 Å². The molecule has 0 aromatic heterocycles. The second-order valence-electron chi connectivity index (χ2n) is 3.88. The molecule has 0 amide bonds. The molecular weight excluding hydrogens is 180 g/mol. The highest BCUT2D eigenvalue weighted by atomic mass is 16.6. The van der Waals surface area contributed by atoms with Crippen LogP contribution in [-0.4, -0.2) is 17.4 Å². The first kappa shape index (κ1) is 9.19. The molecule has 3 nitrogen and oxygen atoms in total. The molecule has 1 aliphatic carbocycles. The molecule has 1 aliphatic heterocycles. The van der Waals surface area contributed by atoms with Crippen molar-refractivity contribution in [1.82, 2.24) is 0 Å². The van der Waals surface area contributed by atoms with Gasteiger partial charge < -0.3 is 4.74 Å². The van der Waals surface area contributed by atoms with E-state index in [0.29, 0.717) is 0 Å². The average molecular weight is 192 g/mol. The molecule has 3 heteroatoms. The summed E-state index contributed by atoms with van der Waals surface area (Å²) >= 11 is 0. The zero-order valence-electron chi connectivity index (χ0n) is 8.03. The van der Waals surface area contributed by atoms with Crippen LogP contribution < -0.4 is 0 Å². The van der Waals surface area contributed by atoms with E-state index in [2.05, 4.69) is 0 Å². The third-order valence-electron chi connectivity index (χ3n) is 2.72. The normalized spacial score (nSPS) is 29.4. The van der Waals surface area contributed by atoms with Crippen molar-refractivity contribution in [1.29, 1.82) is 0 Å². The Morgan fingerprint density at radius 2 is 2.00 bits per heavy atom. The van der Waals surface area contributed by atoms with Gasteiger partial charge in [-0.05, 0) is 37.1 Å². The van der Waals surface area contributed by atoms with E-state index in [9.17, 15) is 9.59 Å². The van der Waals surface area contributed by atoms with E-state index in [1.54, 1.807) is 12.2 Å². The maximum Gasteiger partial charge on any atom is 0.309 e. The summed E-state index contributed by atoms with van der Waals surface area (Å²) in [5, 5.41) is 0.